The van der Waals surface area contributed by atoms with Crippen LogP contribution in [0.1, 0.15) is 19.6 Å². The normalized spacial score (nSPS) is 13.5. The van der Waals surface area contributed by atoms with Crippen molar-refractivity contribution in [2.45, 2.75) is 26.5 Å². The number of nitrogens with zero attached hydrogens (tertiary/aromatic N) is 1. The Morgan fingerprint density at radius 3 is 2.85 bits per heavy atom. The zero-order chi connectivity index (χ0) is 9.68. The number of furan rings is 1. The van der Waals surface area contributed by atoms with Gasteiger partial charge in [-0.1, -0.05) is 6.92 Å². The Bertz CT molecular complexity index is 219. The van der Waals surface area contributed by atoms with Crippen molar-refractivity contribution in [3.05, 3.63) is 24.2 Å². The molecular formula is C10H17NO2. The Morgan fingerprint density at radius 2 is 2.38 bits per heavy atom. The minimum absolute atomic E-state index is 0.282. The van der Waals surface area contributed by atoms with Crippen molar-refractivity contribution in [1.29, 1.82) is 0 Å². The van der Waals surface area contributed by atoms with E-state index in [1.165, 1.54) is 0 Å². The molecule has 0 spiro atoms. The monoisotopic (exact) mass is 183 g/mol. The highest BCUT2D eigenvalue weighted by Gasteiger charge is 2.07. The van der Waals surface area contributed by atoms with Crippen LogP contribution in [0.3, 0.4) is 0 Å². The zero-order valence-electron chi connectivity index (χ0n) is 8.23. The maximum absolute atomic E-state index is 9.21. The Morgan fingerprint density at radius 1 is 1.62 bits per heavy atom. The van der Waals surface area contributed by atoms with Gasteiger partial charge in [0.15, 0.2) is 0 Å². The molecule has 1 aromatic rings. The highest BCUT2D eigenvalue weighted by atomic mass is 16.3. The summed E-state index contributed by atoms with van der Waals surface area (Å²) in [6.45, 7) is 6.26. The number of likely N-dealkylation sites (N-methyl/N-ethyl adjacent to an activating group) is 1. The van der Waals surface area contributed by atoms with Gasteiger partial charge in [-0.15, -0.1) is 0 Å². The quantitative estimate of drug-likeness (QED) is 0.751. The average molecular weight is 183 g/mol. The summed E-state index contributed by atoms with van der Waals surface area (Å²) in [7, 11) is 0. The first-order valence-electron chi connectivity index (χ1n) is 4.65. The van der Waals surface area contributed by atoms with Crippen molar-refractivity contribution in [2.24, 2.45) is 0 Å². The summed E-state index contributed by atoms with van der Waals surface area (Å²) in [6, 6.07) is 3.83. The molecule has 0 fully saturated rings. The molecule has 74 valence electrons. The third-order valence-electron chi connectivity index (χ3n) is 1.93. The first-order valence-corrected chi connectivity index (χ1v) is 4.65. The lowest BCUT2D eigenvalue weighted by atomic mass is 10.3. The van der Waals surface area contributed by atoms with Gasteiger partial charge in [0.05, 0.1) is 18.9 Å². The van der Waals surface area contributed by atoms with E-state index < -0.39 is 0 Å². The van der Waals surface area contributed by atoms with Crippen molar-refractivity contribution < 1.29 is 9.52 Å². The van der Waals surface area contributed by atoms with Gasteiger partial charge < -0.3 is 9.52 Å². The highest BCUT2D eigenvalue weighted by Crippen LogP contribution is 2.05. The van der Waals surface area contributed by atoms with E-state index in [-0.39, 0.29) is 6.10 Å². The van der Waals surface area contributed by atoms with E-state index in [1.807, 2.05) is 12.1 Å². The lowest BCUT2D eigenvalue weighted by molar-refractivity contribution is 0.121. The minimum atomic E-state index is -0.282. The molecule has 0 aliphatic carbocycles. The molecular weight excluding hydrogens is 166 g/mol. The number of rotatable bonds is 5. The van der Waals surface area contributed by atoms with Crippen molar-refractivity contribution in [3.8, 4) is 0 Å². The molecule has 0 unspecified atom stereocenters. The van der Waals surface area contributed by atoms with Gasteiger partial charge in [-0.25, -0.2) is 0 Å². The van der Waals surface area contributed by atoms with Crippen LogP contribution in [0.4, 0.5) is 0 Å². The Kier molecular flexibility index (Phi) is 3.99. The molecule has 1 aromatic heterocycles. The molecule has 3 heteroatoms. The van der Waals surface area contributed by atoms with Gasteiger partial charge >= 0.3 is 0 Å². The van der Waals surface area contributed by atoms with E-state index in [9.17, 15) is 5.11 Å². The van der Waals surface area contributed by atoms with Crippen LogP contribution in [-0.4, -0.2) is 29.2 Å². The third-order valence-corrected chi connectivity index (χ3v) is 1.93. The molecule has 1 N–H and O–H groups in total. The Hall–Kier alpha value is -0.800. The number of hydrogen-bond acceptors (Lipinski definition) is 3. The second kappa shape index (κ2) is 5.04. The van der Waals surface area contributed by atoms with Gasteiger partial charge in [0.2, 0.25) is 0 Å². The van der Waals surface area contributed by atoms with Crippen LogP contribution in [0.25, 0.3) is 0 Å². The van der Waals surface area contributed by atoms with Gasteiger partial charge in [0.1, 0.15) is 5.76 Å². The van der Waals surface area contributed by atoms with Crippen LogP contribution in [-0.2, 0) is 6.54 Å². The zero-order valence-corrected chi connectivity index (χ0v) is 8.23. The van der Waals surface area contributed by atoms with Gasteiger partial charge in [-0.05, 0) is 25.6 Å². The molecule has 0 aliphatic rings. The first-order chi connectivity index (χ1) is 6.22. The maximum atomic E-state index is 9.21. The summed E-state index contributed by atoms with van der Waals surface area (Å²) in [5.41, 5.74) is 0. The second-order valence-electron chi connectivity index (χ2n) is 3.26. The van der Waals surface area contributed by atoms with Crippen molar-refractivity contribution in [3.63, 3.8) is 0 Å². The van der Waals surface area contributed by atoms with Gasteiger partial charge in [-0.2, -0.15) is 0 Å². The van der Waals surface area contributed by atoms with E-state index in [0.29, 0.717) is 6.54 Å². The van der Waals surface area contributed by atoms with E-state index in [0.717, 1.165) is 18.8 Å². The van der Waals surface area contributed by atoms with Crippen LogP contribution in [0.2, 0.25) is 0 Å². The van der Waals surface area contributed by atoms with Gasteiger partial charge in [0.25, 0.3) is 0 Å². The summed E-state index contributed by atoms with van der Waals surface area (Å²) < 4.78 is 5.22. The average Bonchev–Trinajstić information content (AvgIpc) is 2.55. The molecule has 0 aliphatic heterocycles. The molecule has 0 amide bonds. The fraction of sp³-hybridized carbons (Fsp3) is 0.600. The predicted molar refractivity (Wildman–Crippen MR) is 51.3 cm³/mol. The number of hydrogen-bond donors (Lipinski definition) is 1. The fourth-order valence-corrected chi connectivity index (χ4v) is 1.30. The van der Waals surface area contributed by atoms with Crippen LogP contribution >= 0.6 is 0 Å². The lowest BCUT2D eigenvalue weighted by Crippen LogP contribution is -2.30. The predicted octanol–water partition coefficient (Wildman–Crippen LogP) is 1.48. The maximum Gasteiger partial charge on any atom is 0.117 e. The van der Waals surface area contributed by atoms with Crippen molar-refractivity contribution in [1.82, 2.24) is 4.90 Å². The van der Waals surface area contributed by atoms with Crippen molar-refractivity contribution >= 4 is 0 Å². The van der Waals surface area contributed by atoms with Crippen molar-refractivity contribution in [2.75, 3.05) is 13.1 Å². The van der Waals surface area contributed by atoms with E-state index in [1.54, 1.807) is 13.2 Å². The topological polar surface area (TPSA) is 36.6 Å². The third kappa shape index (κ3) is 3.61. The Labute approximate surface area is 79.0 Å². The van der Waals surface area contributed by atoms with Crippen LogP contribution in [0.5, 0.6) is 0 Å². The summed E-state index contributed by atoms with van der Waals surface area (Å²) >= 11 is 0. The van der Waals surface area contributed by atoms with Crippen LogP contribution in [0.15, 0.2) is 22.8 Å². The molecule has 0 radical (unpaired) electrons. The molecule has 13 heavy (non-hydrogen) atoms. The van der Waals surface area contributed by atoms with Gasteiger partial charge in [0, 0.05) is 6.54 Å². The van der Waals surface area contributed by atoms with E-state index in [4.69, 9.17) is 4.42 Å². The molecule has 0 saturated carbocycles. The molecule has 0 aromatic carbocycles. The number of aliphatic hydroxyl groups excluding tert-OH is 1. The molecule has 0 bridgehead atoms. The summed E-state index contributed by atoms with van der Waals surface area (Å²) in [6.07, 6.45) is 1.39. The van der Waals surface area contributed by atoms with E-state index >= 15 is 0 Å². The largest absolute Gasteiger partial charge is 0.468 e. The lowest BCUT2D eigenvalue weighted by Gasteiger charge is -2.20. The summed E-state index contributed by atoms with van der Waals surface area (Å²) in [5.74, 6) is 0.947. The molecule has 0 saturated heterocycles. The highest BCUT2D eigenvalue weighted by molar-refractivity contribution is 4.97. The molecule has 1 rings (SSSR count). The van der Waals surface area contributed by atoms with Gasteiger partial charge in [-0.3, -0.25) is 4.90 Å². The molecule has 1 atom stereocenters. The summed E-state index contributed by atoms with van der Waals surface area (Å²) in [5, 5.41) is 9.21. The Balaban J connectivity index is 2.40. The molecule has 1 heterocycles. The smallest absolute Gasteiger partial charge is 0.117 e. The fourth-order valence-electron chi connectivity index (χ4n) is 1.30. The number of aliphatic hydroxyl groups is 1. The van der Waals surface area contributed by atoms with E-state index in [2.05, 4.69) is 11.8 Å². The second-order valence-corrected chi connectivity index (χ2v) is 3.26. The van der Waals surface area contributed by atoms with Crippen LogP contribution in [0, 0.1) is 0 Å². The van der Waals surface area contributed by atoms with Crippen LogP contribution < -0.4 is 0 Å². The minimum Gasteiger partial charge on any atom is -0.468 e. The molecule has 3 nitrogen and oxygen atoms in total. The standard InChI is InChI=1S/C10H17NO2/c1-3-11(7-9(2)12)8-10-5-4-6-13-10/h4-6,9,12H,3,7-8H2,1-2H3/t9-/m1/s1. The SMILES string of the molecule is CCN(Cc1ccco1)C[C@@H](C)O. The first kappa shape index (κ1) is 10.3. The summed E-state index contributed by atoms with van der Waals surface area (Å²) in [4.78, 5) is 2.14.